The molecule has 1 fully saturated rings. The Bertz CT molecular complexity index is 291. The van der Waals surface area contributed by atoms with Crippen LogP contribution in [0.1, 0.15) is 27.2 Å². The summed E-state index contributed by atoms with van der Waals surface area (Å²) in [6.07, 6.45) is 0.798. The largest absolute Gasteiger partial charge is 0.444 e. The third-order valence-electron chi connectivity index (χ3n) is 3.23. The Hall–Kier alpha value is -0.810. The molecule has 1 saturated heterocycles. The SMILES string of the molecule is CN(C)CCC1(CN)CN(C(=O)OC(C)(C)C)C1. The van der Waals surface area contributed by atoms with Crippen LogP contribution in [0.15, 0.2) is 0 Å². The van der Waals surface area contributed by atoms with Crippen molar-refractivity contribution in [3.8, 4) is 0 Å². The maximum atomic E-state index is 11.8. The number of ether oxygens (including phenoxy) is 1. The average molecular weight is 257 g/mol. The van der Waals surface area contributed by atoms with Crippen molar-refractivity contribution in [1.82, 2.24) is 9.80 Å². The second-order valence-corrected chi connectivity index (χ2v) is 6.59. The highest BCUT2D eigenvalue weighted by Gasteiger charge is 2.45. The Balaban J connectivity index is 2.42. The molecule has 0 bridgehead atoms. The third-order valence-corrected chi connectivity index (χ3v) is 3.23. The molecule has 0 unspecified atom stereocenters. The second-order valence-electron chi connectivity index (χ2n) is 6.59. The molecule has 0 aromatic carbocycles. The lowest BCUT2D eigenvalue weighted by atomic mass is 9.77. The summed E-state index contributed by atoms with van der Waals surface area (Å²) in [5.74, 6) is 0. The van der Waals surface area contributed by atoms with Gasteiger partial charge in [-0.3, -0.25) is 0 Å². The van der Waals surface area contributed by atoms with E-state index in [1.165, 1.54) is 0 Å². The number of nitrogens with two attached hydrogens (primary N) is 1. The Labute approximate surface area is 110 Å². The highest BCUT2D eigenvalue weighted by Crippen LogP contribution is 2.34. The molecule has 0 atom stereocenters. The molecule has 0 aromatic rings. The van der Waals surface area contributed by atoms with Gasteiger partial charge in [0.25, 0.3) is 0 Å². The summed E-state index contributed by atoms with van der Waals surface area (Å²) in [6, 6.07) is 0. The van der Waals surface area contributed by atoms with Crippen LogP contribution in [-0.2, 0) is 4.74 Å². The van der Waals surface area contributed by atoms with E-state index in [1.807, 2.05) is 20.8 Å². The predicted octanol–water partition coefficient (Wildman–Crippen LogP) is 1.13. The summed E-state index contributed by atoms with van der Waals surface area (Å²) in [6.45, 7) is 8.70. The molecule has 1 rings (SSSR count). The zero-order chi connectivity index (χ0) is 14.0. The molecule has 106 valence electrons. The number of likely N-dealkylation sites (tertiary alicyclic amines) is 1. The van der Waals surface area contributed by atoms with E-state index >= 15 is 0 Å². The van der Waals surface area contributed by atoms with Crippen molar-refractivity contribution in [3.63, 3.8) is 0 Å². The van der Waals surface area contributed by atoms with Gasteiger partial charge in [-0.05, 0) is 47.8 Å². The van der Waals surface area contributed by atoms with Crippen molar-refractivity contribution in [2.75, 3.05) is 40.3 Å². The van der Waals surface area contributed by atoms with Gasteiger partial charge in [-0.25, -0.2) is 4.79 Å². The number of hydrogen-bond acceptors (Lipinski definition) is 4. The van der Waals surface area contributed by atoms with Crippen LogP contribution in [0.3, 0.4) is 0 Å². The molecular formula is C13H27N3O2. The second kappa shape index (κ2) is 5.45. The fraction of sp³-hybridized carbons (Fsp3) is 0.923. The first-order valence-electron chi connectivity index (χ1n) is 6.50. The minimum absolute atomic E-state index is 0.0845. The maximum absolute atomic E-state index is 11.8. The van der Waals surface area contributed by atoms with Gasteiger partial charge < -0.3 is 20.3 Å². The summed E-state index contributed by atoms with van der Waals surface area (Å²) in [7, 11) is 4.10. The number of carbonyl (C=O) groups is 1. The summed E-state index contributed by atoms with van der Waals surface area (Å²) in [5.41, 5.74) is 5.50. The lowest BCUT2D eigenvalue weighted by Crippen LogP contribution is -2.62. The minimum atomic E-state index is -0.429. The Morgan fingerprint density at radius 2 is 1.94 bits per heavy atom. The summed E-state index contributed by atoms with van der Waals surface area (Å²) in [5, 5.41) is 0. The van der Waals surface area contributed by atoms with Crippen molar-refractivity contribution >= 4 is 6.09 Å². The normalized spacial score (nSPS) is 18.7. The Morgan fingerprint density at radius 3 is 2.33 bits per heavy atom. The number of rotatable bonds is 4. The fourth-order valence-corrected chi connectivity index (χ4v) is 2.07. The van der Waals surface area contributed by atoms with E-state index in [-0.39, 0.29) is 11.5 Å². The molecule has 5 nitrogen and oxygen atoms in total. The van der Waals surface area contributed by atoms with Gasteiger partial charge >= 0.3 is 6.09 Å². The molecule has 0 saturated carbocycles. The molecule has 0 aliphatic carbocycles. The lowest BCUT2D eigenvalue weighted by Gasteiger charge is -2.50. The Morgan fingerprint density at radius 1 is 1.39 bits per heavy atom. The fourth-order valence-electron chi connectivity index (χ4n) is 2.07. The topological polar surface area (TPSA) is 58.8 Å². The first-order valence-corrected chi connectivity index (χ1v) is 6.50. The summed E-state index contributed by atoms with van der Waals surface area (Å²) >= 11 is 0. The molecule has 1 aliphatic heterocycles. The van der Waals surface area contributed by atoms with Crippen molar-refractivity contribution in [3.05, 3.63) is 0 Å². The quantitative estimate of drug-likeness (QED) is 0.820. The zero-order valence-electron chi connectivity index (χ0n) is 12.3. The first-order chi connectivity index (χ1) is 8.17. The lowest BCUT2D eigenvalue weighted by molar-refractivity contribution is -0.0357. The molecule has 1 aliphatic rings. The molecule has 0 spiro atoms. The van der Waals surface area contributed by atoms with Gasteiger partial charge in [0.1, 0.15) is 5.60 Å². The number of amides is 1. The first kappa shape index (κ1) is 15.2. The highest BCUT2D eigenvalue weighted by molar-refractivity contribution is 5.69. The maximum Gasteiger partial charge on any atom is 0.410 e. The van der Waals surface area contributed by atoms with Gasteiger partial charge in [0, 0.05) is 25.0 Å². The van der Waals surface area contributed by atoms with Gasteiger partial charge in [0.15, 0.2) is 0 Å². The molecule has 0 aromatic heterocycles. The van der Waals surface area contributed by atoms with E-state index in [1.54, 1.807) is 4.90 Å². The van der Waals surface area contributed by atoms with Crippen LogP contribution in [0.4, 0.5) is 4.79 Å². The monoisotopic (exact) mass is 257 g/mol. The van der Waals surface area contributed by atoms with Gasteiger partial charge in [0.05, 0.1) is 0 Å². The van der Waals surface area contributed by atoms with Gasteiger partial charge in [-0.2, -0.15) is 0 Å². The van der Waals surface area contributed by atoms with Gasteiger partial charge in [-0.1, -0.05) is 0 Å². The van der Waals surface area contributed by atoms with E-state index in [0.717, 1.165) is 13.0 Å². The molecule has 2 N–H and O–H groups in total. The molecule has 0 radical (unpaired) electrons. The molecule has 5 heteroatoms. The van der Waals surface area contributed by atoms with Crippen LogP contribution < -0.4 is 5.73 Å². The van der Waals surface area contributed by atoms with Crippen molar-refractivity contribution in [1.29, 1.82) is 0 Å². The van der Waals surface area contributed by atoms with Crippen LogP contribution in [0.5, 0.6) is 0 Å². The molecule has 18 heavy (non-hydrogen) atoms. The van der Waals surface area contributed by atoms with Crippen LogP contribution in [-0.4, -0.2) is 61.8 Å². The van der Waals surface area contributed by atoms with Crippen LogP contribution in [0.2, 0.25) is 0 Å². The van der Waals surface area contributed by atoms with E-state index in [0.29, 0.717) is 19.6 Å². The predicted molar refractivity (Wildman–Crippen MR) is 72.5 cm³/mol. The zero-order valence-corrected chi connectivity index (χ0v) is 12.3. The number of carbonyl (C=O) groups excluding carboxylic acids is 1. The summed E-state index contributed by atoms with van der Waals surface area (Å²) < 4.78 is 5.34. The standard InChI is InChI=1S/C13H27N3O2/c1-12(2,3)18-11(17)16-9-13(8-14,10-16)6-7-15(4)5/h6-10,14H2,1-5H3. The highest BCUT2D eigenvalue weighted by atomic mass is 16.6. The Kier molecular flexibility index (Phi) is 4.61. The third kappa shape index (κ3) is 4.14. The number of nitrogens with zero attached hydrogens (tertiary/aromatic N) is 2. The van der Waals surface area contributed by atoms with Crippen LogP contribution >= 0.6 is 0 Å². The smallest absolute Gasteiger partial charge is 0.410 e. The molecule has 1 amide bonds. The van der Waals surface area contributed by atoms with Crippen molar-refractivity contribution < 1.29 is 9.53 Å². The minimum Gasteiger partial charge on any atom is -0.444 e. The van der Waals surface area contributed by atoms with Crippen molar-refractivity contribution in [2.24, 2.45) is 11.1 Å². The average Bonchev–Trinajstić information content (AvgIpc) is 2.13. The van der Waals surface area contributed by atoms with Crippen LogP contribution in [0, 0.1) is 5.41 Å². The van der Waals surface area contributed by atoms with Crippen molar-refractivity contribution in [2.45, 2.75) is 32.8 Å². The molecular weight excluding hydrogens is 230 g/mol. The van der Waals surface area contributed by atoms with E-state index in [4.69, 9.17) is 10.5 Å². The van der Waals surface area contributed by atoms with E-state index in [9.17, 15) is 4.79 Å². The number of hydrogen-bond donors (Lipinski definition) is 1. The summed E-state index contributed by atoms with van der Waals surface area (Å²) in [4.78, 5) is 15.7. The van der Waals surface area contributed by atoms with Crippen LogP contribution in [0.25, 0.3) is 0 Å². The van der Waals surface area contributed by atoms with E-state index in [2.05, 4.69) is 19.0 Å². The molecule has 1 heterocycles. The van der Waals surface area contributed by atoms with E-state index < -0.39 is 5.60 Å². The van der Waals surface area contributed by atoms with Gasteiger partial charge in [0.2, 0.25) is 0 Å². The van der Waals surface area contributed by atoms with Gasteiger partial charge in [-0.15, -0.1) is 0 Å².